The van der Waals surface area contributed by atoms with E-state index in [1.165, 1.54) is 17.2 Å². The van der Waals surface area contributed by atoms with Crippen LogP contribution in [0, 0.1) is 11.8 Å². The number of rotatable bonds is 6. The van der Waals surface area contributed by atoms with Gasteiger partial charge in [-0.3, -0.25) is 0 Å². The van der Waals surface area contributed by atoms with Crippen LogP contribution in [0.3, 0.4) is 0 Å². The Morgan fingerprint density at radius 2 is 2.05 bits per heavy atom. The second kappa shape index (κ2) is 10.6. The number of aliphatic hydroxyl groups is 1. The molecule has 3 aliphatic heterocycles. The Morgan fingerprint density at radius 3 is 2.71 bits per heavy atom. The van der Waals surface area contributed by atoms with Crippen LogP contribution in [-0.2, 0) is 7.05 Å². The topological polar surface area (TPSA) is 74.5 Å². The van der Waals surface area contributed by atoms with E-state index < -0.39 is 37.2 Å². The monoisotopic (exact) mass is 681 g/mol. The van der Waals surface area contributed by atoms with E-state index in [-0.39, 0.29) is 19.3 Å². The van der Waals surface area contributed by atoms with Gasteiger partial charge >= 0.3 is 246 Å². The fraction of sp³-hybridized carbons (Fsp3) is 0.500. The second-order valence-electron chi connectivity index (χ2n) is 12.2. The zero-order chi connectivity index (χ0) is 29.1. The van der Waals surface area contributed by atoms with Crippen LogP contribution in [0.5, 0.6) is 0 Å². The number of allylic oxidation sites excluding steroid dienone is 2. The number of carbonyl (C=O) groups excluding carboxylic acids is 1. The Hall–Kier alpha value is -2.51. The number of anilines is 1. The fourth-order valence-electron chi connectivity index (χ4n) is 6.65. The fourth-order valence-corrected chi connectivity index (χ4v) is 11.6. The van der Waals surface area contributed by atoms with Gasteiger partial charge in [0, 0.05) is 0 Å². The summed E-state index contributed by atoms with van der Waals surface area (Å²) >= 11 is -2.96. The van der Waals surface area contributed by atoms with Crippen LogP contribution in [0.1, 0.15) is 56.8 Å². The molecule has 1 saturated heterocycles. The number of likely N-dealkylation sites (tertiary alicyclic amines) is 1. The number of alkyl halides is 3. The van der Waals surface area contributed by atoms with Gasteiger partial charge in [0.1, 0.15) is 0 Å². The van der Waals surface area contributed by atoms with Crippen LogP contribution < -0.4 is 4.90 Å². The van der Waals surface area contributed by atoms with Crippen molar-refractivity contribution in [2.75, 3.05) is 24.5 Å². The molecule has 1 aliphatic carbocycles. The molecule has 6 rings (SSSR count). The predicted molar refractivity (Wildman–Crippen MR) is 160 cm³/mol. The van der Waals surface area contributed by atoms with Gasteiger partial charge in [0.05, 0.1) is 0 Å². The van der Waals surface area contributed by atoms with Gasteiger partial charge in [-0.2, -0.15) is 0 Å². The molecule has 0 radical (unpaired) electrons. The van der Waals surface area contributed by atoms with E-state index in [0.717, 1.165) is 37.3 Å². The van der Waals surface area contributed by atoms with Crippen molar-refractivity contribution in [3.8, 4) is 0 Å². The predicted octanol–water partition coefficient (Wildman–Crippen LogP) is 6.51. The van der Waals surface area contributed by atoms with E-state index in [1.807, 2.05) is 40.8 Å². The number of aryl methyl sites for hydroxylation is 1. The maximum absolute atomic E-state index is 14.3. The number of hydrogen-bond donors (Lipinski definition) is 1. The molecular weight excluding hydrogens is 646 g/mol. The van der Waals surface area contributed by atoms with E-state index in [1.54, 1.807) is 12.4 Å². The molecular formula is C30H35F3IN5O2. The molecule has 0 unspecified atom stereocenters. The van der Waals surface area contributed by atoms with Crippen LogP contribution in [-0.4, -0.2) is 60.1 Å². The second-order valence-corrected chi connectivity index (χ2v) is 16.7. The average molecular weight is 682 g/mol. The molecule has 7 nitrogen and oxygen atoms in total. The molecule has 41 heavy (non-hydrogen) atoms. The van der Waals surface area contributed by atoms with Crippen molar-refractivity contribution in [3.05, 3.63) is 73.1 Å². The zero-order valence-corrected chi connectivity index (χ0v) is 25.6. The van der Waals surface area contributed by atoms with Crippen LogP contribution in [0.15, 0.2) is 61.7 Å². The van der Waals surface area contributed by atoms with E-state index in [4.69, 9.17) is 0 Å². The van der Waals surface area contributed by atoms with Crippen molar-refractivity contribution in [1.82, 2.24) is 19.7 Å². The van der Waals surface area contributed by atoms with E-state index in [9.17, 15) is 23.1 Å². The summed E-state index contributed by atoms with van der Waals surface area (Å²) in [6, 6.07) is 7.44. The van der Waals surface area contributed by atoms with Crippen molar-refractivity contribution in [2.24, 2.45) is 18.9 Å². The molecule has 1 saturated carbocycles. The third-order valence-corrected chi connectivity index (χ3v) is 13.6. The van der Waals surface area contributed by atoms with Gasteiger partial charge in [-0.15, -0.1) is 0 Å². The molecule has 1 amide bonds. The average Bonchev–Trinajstić information content (AvgIpc) is 3.45. The Morgan fingerprint density at radius 1 is 1.27 bits per heavy atom. The summed E-state index contributed by atoms with van der Waals surface area (Å²) in [5.41, 5.74) is 0.632. The Bertz CT molecular complexity index is 1440. The first-order valence-electron chi connectivity index (χ1n) is 14.0. The summed E-state index contributed by atoms with van der Waals surface area (Å²) < 4.78 is 46.6. The van der Waals surface area contributed by atoms with Crippen LogP contribution in [0.25, 0.3) is 0 Å². The summed E-state index contributed by atoms with van der Waals surface area (Å²) in [4.78, 5) is 17.4. The number of piperidine rings is 1. The Labute approximate surface area is 245 Å². The summed E-state index contributed by atoms with van der Waals surface area (Å²) in [7, 11) is 1.87. The number of amides is 1. The maximum atomic E-state index is 14.3. The molecule has 1 aromatic heterocycles. The number of nitrogens with zero attached hydrogens (tertiary/aromatic N) is 5. The first-order chi connectivity index (χ1) is 19.4. The molecule has 11 heteroatoms. The van der Waals surface area contributed by atoms with Gasteiger partial charge < -0.3 is 0 Å². The van der Waals surface area contributed by atoms with Crippen molar-refractivity contribution in [3.63, 3.8) is 0 Å². The van der Waals surface area contributed by atoms with Crippen molar-refractivity contribution < 1.29 is 23.1 Å². The molecule has 1 aromatic carbocycles. The van der Waals surface area contributed by atoms with Crippen LogP contribution in [0.4, 0.5) is 23.7 Å². The Kier molecular flexibility index (Phi) is 7.42. The first-order valence-corrected chi connectivity index (χ1v) is 17.4. The zero-order valence-electron chi connectivity index (χ0n) is 23.4. The van der Waals surface area contributed by atoms with E-state index >= 15 is 0 Å². The van der Waals surface area contributed by atoms with E-state index in [0.29, 0.717) is 36.6 Å². The Balaban J connectivity index is 1.32. The van der Waals surface area contributed by atoms with Crippen molar-refractivity contribution in [2.45, 2.75) is 57.2 Å². The summed E-state index contributed by atoms with van der Waals surface area (Å²) in [6.07, 6.45) is 3.15. The molecule has 220 valence electrons. The number of carbonyl (C=O) groups is 1. The standard InChI is InChI=1S/C30H35F3IN5O2/c1-19-6-5-9-38(15-19)16-20-10-24(30(31,32)33)25-17-39(28(40)34(25)14-20)23-8-4-7-21(11-23)26(22-12-29(2,41)13-22)27-36-35-18-37(27)3/h4,7-8,10-11,14,17-19,22,26,41H,5-6,9,12-13,15-16H2,1-3H3/t19-,22?,26-,29?/m0/s1. The number of halogens is 4. The summed E-state index contributed by atoms with van der Waals surface area (Å²) in [6.45, 7) is 6.15. The van der Waals surface area contributed by atoms with E-state index in [2.05, 4.69) is 22.0 Å². The van der Waals surface area contributed by atoms with Gasteiger partial charge in [-0.1, -0.05) is 0 Å². The minimum absolute atomic E-state index is 0.122. The number of aromatic nitrogens is 3. The third-order valence-electron chi connectivity index (χ3n) is 8.52. The molecule has 0 bridgehead atoms. The number of fused-ring (bicyclic) bond motifs is 1. The molecule has 4 aliphatic rings. The summed E-state index contributed by atoms with van der Waals surface area (Å²) in [5.74, 6) is 1.22. The molecule has 0 spiro atoms. The first kappa shape index (κ1) is 28.6. The quantitative estimate of drug-likeness (QED) is 0.214. The molecule has 1 N–H and O–H groups in total. The van der Waals surface area contributed by atoms with Gasteiger partial charge in [0.2, 0.25) is 0 Å². The number of benzene rings is 1. The van der Waals surface area contributed by atoms with Crippen LogP contribution in [0.2, 0.25) is 0 Å². The van der Waals surface area contributed by atoms with Crippen LogP contribution >= 0.6 is 19.8 Å². The van der Waals surface area contributed by atoms with Crippen molar-refractivity contribution >= 4 is 29.4 Å². The molecule has 4 heterocycles. The molecule has 2 atom stereocenters. The van der Waals surface area contributed by atoms with Gasteiger partial charge in [0.15, 0.2) is 0 Å². The van der Waals surface area contributed by atoms with Crippen molar-refractivity contribution in [1.29, 1.82) is 0 Å². The third kappa shape index (κ3) is 5.64. The SMILES string of the molecule is C[C@H]1CCCN(CC2=CI3C(=O)N(c4cccc([C@H](c5nncn5C)C5CC(C)(O)C5)c4)C=C3C(C(F)(F)F)=C2)C1. The number of hydrogen-bond acceptors (Lipinski definition) is 5. The normalized spacial score (nSPS) is 28.6. The molecule has 2 aromatic rings. The van der Waals surface area contributed by atoms with Gasteiger partial charge in [0.25, 0.3) is 0 Å². The molecule has 2 fully saturated rings. The minimum atomic E-state index is -4.54. The van der Waals surface area contributed by atoms with Gasteiger partial charge in [-0.25, -0.2) is 0 Å². The van der Waals surface area contributed by atoms with Gasteiger partial charge in [-0.05, 0) is 0 Å². The summed E-state index contributed by atoms with van der Waals surface area (Å²) in [5, 5.41) is 18.8.